The highest BCUT2D eigenvalue weighted by molar-refractivity contribution is 5.76. The van der Waals surface area contributed by atoms with Gasteiger partial charge in [0.25, 0.3) is 0 Å². The summed E-state index contributed by atoms with van der Waals surface area (Å²) < 4.78 is 0. The zero-order valence-corrected chi connectivity index (χ0v) is 12.2. The fourth-order valence-corrected chi connectivity index (χ4v) is 3.04. The lowest BCUT2D eigenvalue weighted by Crippen LogP contribution is -2.52. The topological polar surface area (TPSA) is 58.4 Å². The number of rotatable bonds is 7. The maximum absolute atomic E-state index is 11.7. The molecule has 0 bridgehead atoms. The van der Waals surface area contributed by atoms with Gasteiger partial charge in [0.05, 0.1) is 0 Å². The van der Waals surface area contributed by atoms with Gasteiger partial charge in [-0.25, -0.2) is 0 Å². The normalized spacial score (nSPS) is 18.6. The first-order valence-corrected chi connectivity index (χ1v) is 7.28. The second-order valence-electron chi connectivity index (χ2n) is 5.69. The SMILES string of the molecule is CCN(CCC(=O)NC(C)C)C1(CN)CCCC1. The van der Waals surface area contributed by atoms with Crippen LogP contribution in [0.2, 0.25) is 0 Å². The minimum atomic E-state index is 0.147. The zero-order valence-electron chi connectivity index (χ0n) is 12.2. The van der Waals surface area contributed by atoms with Crippen molar-refractivity contribution >= 4 is 5.91 Å². The van der Waals surface area contributed by atoms with Crippen molar-refractivity contribution < 1.29 is 4.79 Å². The van der Waals surface area contributed by atoms with Gasteiger partial charge in [0.15, 0.2) is 0 Å². The predicted octanol–water partition coefficient (Wildman–Crippen LogP) is 1.49. The smallest absolute Gasteiger partial charge is 0.221 e. The molecule has 4 heteroatoms. The average molecular weight is 255 g/mol. The minimum Gasteiger partial charge on any atom is -0.354 e. The molecule has 0 atom stereocenters. The minimum absolute atomic E-state index is 0.147. The van der Waals surface area contributed by atoms with E-state index in [0.29, 0.717) is 13.0 Å². The Labute approximate surface area is 111 Å². The van der Waals surface area contributed by atoms with Crippen LogP contribution in [0.4, 0.5) is 0 Å². The van der Waals surface area contributed by atoms with Gasteiger partial charge in [-0.2, -0.15) is 0 Å². The highest BCUT2D eigenvalue weighted by atomic mass is 16.1. The third kappa shape index (κ3) is 3.95. The van der Waals surface area contributed by atoms with E-state index in [1.807, 2.05) is 13.8 Å². The number of hydrogen-bond acceptors (Lipinski definition) is 3. The molecule has 106 valence electrons. The molecule has 0 aromatic carbocycles. The molecule has 3 N–H and O–H groups in total. The van der Waals surface area contributed by atoms with Crippen molar-refractivity contribution in [3.63, 3.8) is 0 Å². The number of hydrogen-bond donors (Lipinski definition) is 2. The van der Waals surface area contributed by atoms with Crippen LogP contribution >= 0.6 is 0 Å². The molecular formula is C14H29N3O. The van der Waals surface area contributed by atoms with Gasteiger partial charge < -0.3 is 11.1 Å². The molecule has 0 aromatic heterocycles. The first-order valence-electron chi connectivity index (χ1n) is 7.28. The molecule has 4 nitrogen and oxygen atoms in total. The summed E-state index contributed by atoms with van der Waals surface area (Å²) >= 11 is 0. The predicted molar refractivity (Wildman–Crippen MR) is 75.4 cm³/mol. The number of nitrogens with one attached hydrogen (secondary N) is 1. The average Bonchev–Trinajstić information content (AvgIpc) is 2.79. The maximum Gasteiger partial charge on any atom is 0.221 e. The fourth-order valence-electron chi connectivity index (χ4n) is 3.04. The molecule has 0 aliphatic heterocycles. The Morgan fingerprint density at radius 1 is 1.39 bits per heavy atom. The number of nitrogens with two attached hydrogens (primary N) is 1. The van der Waals surface area contributed by atoms with Crippen LogP contribution < -0.4 is 11.1 Å². The quantitative estimate of drug-likeness (QED) is 0.725. The lowest BCUT2D eigenvalue weighted by Gasteiger charge is -2.40. The van der Waals surface area contributed by atoms with Crippen LogP contribution in [0.25, 0.3) is 0 Å². The third-order valence-electron chi connectivity index (χ3n) is 4.03. The molecular weight excluding hydrogens is 226 g/mol. The summed E-state index contributed by atoms with van der Waals surface area (Å²) in [7, 11) is 0. The number of likely N-dealkylation sites (N-methyl/N-ethyl adjacent to an activating group) is 1. The lowest BCUT2D eigenvalue weighted by atomic mass is 9.95. The molecule has 0 heterocycles. The van der Waals surface area contributed by atoms with Crippen molar-refractivity contribution in [2.24, 2.45) is 5.73 Å². The number of amides is 1. The van der Waals surface area contributed by atoms with E-state index in [1.165, 1.54) is 25.7 Å². The van der Waals surface area contributed by atoms with Crippen LogP contribution in [0.1, 0.15) is 52.9 Å². The van der Waals surface area contributed by atoms with E-state index >= 15 is 0 Å². The standard InChI is InChI=1S/C14H29N3O/c1-4-17(10-7-13(18)16-12(2)3)14(11-15)8-5-6-9-14/h12H,4-11,15H2,1-3H3,(H,16,18). The summed E-state index contributed by atoms with van der Waals surface area (Å²) in [6, 6.07) is 0.225. The van der Waals surface area contributed by atoms with Crippen molar-refractivity contribution in [1.82, 2.24) is 10.2 Å². The van der Waals surface area contributed by atoms with E-state index in [2.05, 4.69) is 17.1 Å². The van der Waals surface area contributed by atoms with Gasteiger partial charge in [-0.1, -0.05) is 19.8 Å². The zero-order chi connectivity index (χ0) is 13.6. The second kappa shape index (κ2) is 7.10. The first-order chi connectivity index (χ1) is 8.54. The monoisotopic (exact) mass is 255 g/mol. The van der Waals surface area contributed by atoms with E-state index in [9.17, 15) is 4.79 Å². The molecule has 0 aromatic rings. The number of carbonyl (C=O) groups is 1. The molecule has 1 fully saturated rings. The van der Waals surface area contributed by atoms with Crippen LogP contribution in [-0.4, -0.2) is 42.0 Å². The fraction of sp³-hybridized carbons (Fsp3) is 0.929. The summed E-state index contributed by atoms with van der Waals surface area (Å²) in [5, 5.41) is 2.95. The molecule has 1 aliphatic rings. The van der Waals surface area contributed by atoms with Crippen molar-refractivity contribution in [1.29, 1.82) is 0 Å². The van der Waals surface area contributed by atoms with Crippen molar-refractivity contribution in [3.05, 3.63) is 0 Å². The van der Waals surface area contributed by atoms with Crippen molar-refractivity contribution in [2.75, 3.05) is 19.6 Å². The van der Waals surface area contributed by atoms with Crippen LogP contribution in [0.3, 0.4) is 0 Å². The maximum atomic E-state index is 11.7. The highest BCUT2D eigenvalue weighted by Crippen LogP contribution is 2.34. The van der Waals surface area contributed by atoms with E-state index in [-0.39, 0.29) is 17.5 Å². The lowest BCUT2D eigenvalue weighted by molar-refractivity contribution is -0.122. The van der Waals surface area contributed by atoms with E-state index in [4.69, 9.17) is 5.73 Å². The molecule has 0 spiro atoms. The van der Waals surface area contributed by atoms with E-state index < -0.39 is 0 Å². The largest absolute Gasteiger partial charge is 0.354 e. The summed E-state index contributed by atoms with van der Waals surface area (Å²) in [4.78, 5) is 14.1. The van der Waals surface area contributed by atoms with Crippen LogP contribution in [-0.2, 0) is 4.79 Å². The Balaban J connectivity index is 2.48. The van der Waals surface area contributed by atoms with Crippen LogP contribution in [0, 0.1) is 0 Å². The molecule has 0 radical (unpaired) electrons. The molecule has 0 saturated heterocycles. The summed E-state index contributed by atoms with van der Waals surface area (Å²) in [6.07, 6.45) is 5.48. The molecule has 1 aliphatic carbocycles. The Kier molecular flexibility index (Phi) is 6.09. The van der Waals surface area contributed by atoms with Gasteiger partial charge in [-0.05, 0) is 33.2 Å². The molecule has 18 heavy (non-hydrogen) atoms. The van der Waals surface area contributed by atoms with Crippen LogP contribution in [0.15, 0.2) is 0 Å². The Morgan fingerprint density at radius 2 is 2.00 bits per heavy atom. The van der Waals surface area contributed by atoms with Crippen molar-refractivity contribution in [2.45, 2.75) is 64.5 Å². The second-order valence-corrected chi connectivity index (χ2v) is 5.69. The number of nitrogens with zero attached hydrogens (tertiary/aromatic N) is 1. The first kappa shape index (κ1) is 15.4. The molecule has 1 saturated carbocycles. The van der Waals surface area contributed by atoms with Gasteiger partial charge in [-0.15, -0.1) is 0 Å². The van der Waals surface area contributed by atoms with E-state index in [1.54, 1.807) is 0 Å². The van der Waals surface area contributed by atoms with Crippen molar-refractivity contribution in [3.8, 4) is 0 Å². The Morgan fingerprint density at radius 3 is 2.44 bits per heavy atom. The van der Waals surface area contributed by atoms with Crippen LogP contribution in [0.5, 0.6) is 0 Å². The van der Waals surface area contributed by atoms with Gasteiger partial charge in [-0.3, -0.25) is 9.69 Å². The Bertz CT molecular complexity index is 260. The molecule has 1 amide bonds. The van der Waals surface area contributed by atoms with Gasteiger partial charge >= 0.3 is 0 Å². The van der Waals surface area contributed by atoms with Gasteiger partial charge in [0.2, 0.25) is 5.91 Å². The third-order valence-corrected chi connectivity index (χ3v) is 4.03. The highest BCUT2D eigenvalue weighted by Gasteiger charge is 2.37. The molecule has 0 unspecified atom stereocenters. The van der Waals surface area contributed by atoms with E-state index in [0.717, 1.165) is 13.1 Å². The summed E-state index contributed by atoms with van der Waals surface area (Å²) in [5.74, 6) is 0.147. The van der Waals surface area contributed by atoms with Gasteiger partial charge in [0.1, 0.15) is 0 Å². The molecule has 1 rings (SSSR count). The Hall–Kier alpha value is -0.610. The summed E-state index contributed by atoms with van der Waals surface area (Å²) in [5.41, 5.74) is 6.15. The van der Waals surface area contributed by atoms with Gasteiger partial charge in [0, 0.05) is 31.1 Å². The number of carbonyl (C=O) groups excluding carboxylic acids is 1. The summed E-state index contributed by atoms with van der Waals surface area (Å²) in [6.45, 7) is 8.67.